The monoisotopic (exact) mass is 376 g/mol. The van der Waals surface area contributed by atoms with E-state index in [0.29, 0.717) is 23.5 Å². The number of allylic oxidation sites excluding steroid dienone is 2. The van der Waals surface area contributed by atoms with E-state index in [9.17, 15) is 9.59 Å². The highest BCUT2D eigenvalue weighted by Crippen LogP contribution is 2.32. The van der Waals surface area contributed by atoms with Gasteiger partial charge in [0.15, 0.2) is 11.5 Å². The predicted octanol–water partition coefficient (Wildman–Crippen LogP) is 4.15. The summed E-state index contributed by atoms with van der Waals surface area (Å²) in [5, 5.41) is 0. The largest absolute Gasteiger partial charge is 0.493 e. The van der Waals surface area contributed by atoms with E-state index in [0.717, 1.165) is 5.56 Å². The van der Waals surface area contributed by atoms with Crippen LogP contribution in [0.2, 0.25) is 0 Å². The Hall–Kier alpha value is -2.76. The molecule has 0 aliphatic carbocycles. The Kier molecular flexibility index (Phi) is 9.13. The second-order valence-electron chi connectivity index (χ2n) is 5.78. The Bertz CT molecular complexity index is 717. The molecule has 0 unspecified atom stereocenters. The number of carbonyl (C=O) groups is 2. The van der Waals surface area contributed by atoms with E-state index in [1.807, 2.05) is 13.0 Å². The quantitative estimate of drug-likeness (QED) is 0.476. The van der Waals surface area contributed by atoms with Gasteiger partial charge >= 0.3 is 11.9 Å². The average molecular weight is 376 g/mol. The van der Waals surface area contributed by atoms with Crippen LogP contribution in [0.15, 0.2) is 41.5 Å². The average Bonchev–Trinajstić information content (AvgIpc) is 2.70. The molecule has 0 saturated heterocycles. The van der Waals surface area contributed by atoms with Gasteiger partial charge < -0.3 is 18.9 Å². The number of rotatable bonds is 9. The molecule has 1 rings (SSSR count). The molecule has 0 spiro atoms. The summed E-state index contributed by atoms with van der Waals surface area (Å²) in [5.41, 5.74) is 1.56. The maximum absolute atomic E-state index is 12.5. The molecule has 1 atom stereocenters. The number of methoxy groups -OCH3 is 2. The Morgan fingerprint density at radius 1 is 1.04 bits per heavy atom. The van der Waals surface area contributed by atoms with E-state index in [2.05, 4.69) is 0 Å². The van der Waals surface area contributed by atoms with Crippen LogP contribution in [0.25, 0.3) is 0 Å². The first-order valence-electron chi connectivity index (χ1n) is 8.79. The zero-order chi connectivity index (χ0) is 20.4. The Morgan fingerprint density at radius 2 is 1.70 bits per heavy atom. The lowest BCUT2D eigenvalue weighted by Crippen LogP contribution is -2.18. The normalized spacial score (nSPS) is 13.0. The molecular formula is C21H28O6. The van der Waals surface area contributed by atoms with Crippen molar-refractivity contribution in [3.05, 3.63) is 47.1 Å². The SMILES string of the molecule is C/C=C(/COC(=O)/C(C)=C/C)C(=O)O[C@H](CC)c1ccc(OC)c(OC)c1. The molecule has 0 bridgehead atoms. The van der Waals surface area contributed by atoms with Crippen molar-refractivity contribution < 1.29 is 28.5 Å². The minimum absolute atomic E-state index is 0.137. The third kappa shape index (κ3) is 6.16. The van der Waals surface area contributed by atoms with Crippen molar-refractivity contribution in [3.8, 4) is 11.5 Å². The molecule has 6 heteroatoms. The first-order chi connectivity index (χ1) is 12.9. The maximum Gasteiger partial charge on any atom is 0.337 e. The lowest BCUT2D eigenvalue weighted by molar-refractivity contribution is -0.146. The number of benzene rings is 1. The summed E-state index contributed by atoms with van der Waals surface area (Å²) in [6, 6.07) is 5.38. The van der Waals surface area contributed by atoms with Gasteiger partial charge in [0.2, 0.25) is 0 Å². The Balaban J connectivity index is 2.86. The standard InChI is InChI=1S/C21H28O6/c1-7-14(4)20(22)26-13-15(8-2)21(23)27-17(9-3)16-10-11-18(24-5)19(12-16)25-6/h7-8,10-12,17H,9,13H2,1-6H3/b14-7+,15-8-/t17-/m1/s1. The van der Waals surface area contributed by atoms with Crippen molar-refractivity contribution in [2.45, 2.75) is 40.2 Å². The third-order valence-corrected chi connectivity index (χ3v) is 4.12. The Labute approximate surface area is 160 Å². The molecule has 0 fully saturated rings. The van der Waals surface area contributed by atoms with Crippen molar-refractivity contribution in [2.75, 3.05) is 20.8 Å². The minimum Gasteiger partial charge on any atom is -0.493 e. The number of hydrogen-bond acceptors (Lipinski definition) is 6. The number of carbonyl (C=O) groups excluding carboxylic acids is 2. The van der Waals surface area contributed by atoms with E-state index in [1.54, 1.807) is 59.3 Å². The molecule has 6 nitrogen and oxygen atoms in total. The van der Waals surface area contributed by atoms with E-state index in [-0.39, 0.29) is 12.2 Å². The molecule has 0 N–H and O–H groups in total. The molecule has 0 saturated carbocycles. The predicted molar refractivity (Wildman–Crippen MR) is 103 cm³/mol. The number of esters is 2. The lowest BCUT2D eigenvalue weighted by Gasteiger charge is -2.19. The molecule has 1 aromatic rings. The topological polar surface area (TPSA) is 71.1 Å². The van der Waals surface area contributed by atoms with Gasteiger partial charge in [0.1, 0.15) is 12.7 Å². The van der Waals surface area contributed by atoms with E-state index < -0.39 is 18.0 Å². The molecule has 0 aliphatic heterocycles. The van der Waals surface area contributed by atoms with Gasteiger partial charge in [-0.1, -0.05) is 25.1 Å². The van der Waals surface area contributed by atoms with Crippen molar-refractivity contribution in [2.24, 2.45) is 0 Å². The van der Waals surface area contributed by atoms with Crippen LogP contribution in [0, 0.1) is 0 Å². The van der Waals surface area contributed by atoms with Crippen molar-refractivity contribution in [1.29, 1.82) is 0 Å². The van der Waals surface area contributed by atoms with Crippen LogP contribution in [-0.4, -0.2) is 32.8 Å². The van der Waals surface area contributed by atoms with Gasteiger partial charge in [-0.2, -0.15) is 0 Å². The number of ether oxygens (including phenoxy) is 4. The molecule has 0 aromatic heterocycles. The molecule has 0 radical (unpaired) electrons. The summed E-state index contributed by atoms with van der Waals surface area (Å²) in [5.74, 6) is 0.177. The van der Waals surface area contributed by atoms with Crippen LogP contribution in [0.5, 0.6) is 11.5 Å². The van der Waals surface area contributed by atoms with Gasteiger partial charge in [-0.05, 0) is 44.9 Å². The maximum atomic E-state index is 12.5. The molecule has 1 aromatic carbocycles. The van der Waals surface area contributed by atoms with Crippen LogP contribution >= 0.6 is 0 Å². The minimum atomic E-state index is -0.523. The zero-order valence-electron chi connectivity index (χ0n) is 16.8. The molecular weight excluding hydrogens is 348 g/mol. The summed E-state index contributed by atoms with van der Waals surface area (Å²) in [4.78, 5) is 24.2. The van der Waals surface area contributed by atoms with Crippen LogP contribution in [-0.2, 0) is 19.1 Å². The highest BCUT2D eigenvalue weighted by atomic mass is 16.6. The molecule has 0 aliphatic rings. The highest BCUT2D eigenvalue weighted by molar-refractivity contribution is 5.91. The molecule has 27 heavy (non-hydrogen) atoms. The van der Waals surface area contributed by atoms with Gasteiger partial charge in [-0.25, -0.2) is 9.59 Å². The smallest absolute Gasteiger partial charge is 0.337 e. The fourth-order valence-electron chi connectivity index (χ4n) is 2.28. The second-order valence-corrected chi connectivity index (χ2v) is 5.78. The van der Waals surface area contributed by atoms with Crippen LogP contribution in [0.1, 0.15) is 45.8 Å². The fraction of sp³-hybridized carbons (Fsp3) is 0.429. The van der Waals surface area contributed by atoms with Crippen molar-refractivity contribution in [3.63, 3.8) is 0 Å². The van der Waals surface area contributed by atoms with Gasteiger partial charge in [0.05, 0.1) is 19.8 Å². The van der Waals surface area contributed by atoms with Crippen LogP contribution in [0.3, 0.4) is 0 Å². The summed E-state index contributed by atoms with van der Waals surface area (Å²) >= 11 is 0. The summed E-state index contributed by atoms with van der Waals surface area (Å²) in [7, 11) is 3.11. The van der Waals surface area contributed by atoms with E-state index in [4.69, 9.17) is 18.9 Å². The van der Waals surface area contributed by atoms with Gasteiger partial charge in [-0.15, -0.1) is 0 Å². The summed E-state index contributed by atoms with van der Waals surface area (Å²) in [6.07, 6.45) is 3.36. The fourth-order valence-corrected chi connectivity index (χ4v) is 2.28. The summed E-state index contributed by atoms with van der Waals surface area (Å²) in [6.45, 7) is 6.88. The summed E-state index contributed by atoms with van der Waals surface area (Å²) < 4.78 is 21.3. The van der Waals surface area contributed by atoms with Crippen molar-refractivity contribution in [1.82, 2.24) is 0 Å². The van der Waals surface area contributed by atoms with Gasteiger partial charge in [0.25, 0.3) is 0 Å². The third-order valence-electron chi connectivity index (χ3n) is 4.12. The Morgan fingerprint density at radius 3 is 2.22 bits per heavy atom. The van der Waals surface area contributed by atoms with Crippen LogP contribution < -0.4 is 9.47 Å². The van der Waals surface area contributed by atoms with Gasteiger partial charge in [-0.3, -0.25) is 0 Å². The number of hydrogen-bond donors (Lipinski definition) is 0. The zero-order valence-corrected chi connectivity index (χ0v) is 16.8. The second kappa shape index (κ2) is 11.1. The molecule has 148 valence electrons. The first kappa shape index (κ1) is 22.3. The molecule has 0 amide bonds. The van der Waals surface area contributed by atoms with E-state index in [1.165, 1.54) is 0 Å². The lowest BCUT2D eigenvalue weighted by atomic mass is 10.1. The van der Waals surface area contributed by atoms with Crippen LogP contribution in [0.4, 0.5) is 0 Å². The van der Waals surface area contributed by atoms with Crippen molar-refractivity contribution >= 4 is 11.9 Å². The molecule has 0 heterocycles. The van der Waals surface area contributed by atoms with E-state index >= 15 is 0 Å². The van der Waals surface area contributed by atoms with Gasteiger partial charge in [0, 0.05) is 5.57 Å². The highest BCUT2D eigenvalue weighted by Gasteiger charge is 2.20. The first-order valence-corrected chi connectivity index (χ1v) is 8.79.